The van der Waals surface area contributed by atoms with Crippen molar-refractivity contribution < 1.29 is 13.9 Å². The van der Waals surface area contributed by atoms with E-state index in [-0.39, 0.29) is 24.6 Å². The minimum absolute atomic E-state index is 0.187. The van der Waals surface area contributed by atoms with Crippen molar-refractivity contribution in [3.05, 3.63) is 65.5 Å². The molecule has 0 aliphatic rings. The molecule has 0 saturated carbocycles. The highest BCUT2D eigenvalue weighted by atomic mass is 19.1. The van der Waals surface area contributed by atoms with Gasteiger partial charge in [-0.25, -0.2) is 4.39 Å². The molecule has 0 saturated heterocycles. The van der Waals surface area contributed by atoms with Crippen LogP contribution < -0.4 is 10.1 Å². The van der Waals surface area contributed by atoms with E-state index in [1.807, 2.05) is 31.2 Å². The lowest BCUT2D eigenvalue weighted by molar-refractivity contribution is 0.0958. The zero-order chi connectivity index (χ0) is 15.8. The number of nitrogens with one attached hydrogen (secondary N) is 1. The van der Waals surface area contributed by atoms with E-state index in [4.69, 9.17) is 4.74 Å². The molecule has 0 spiro atoms. The average molecular weight is 297 g/mol. The van der Waals surface area contributed by atoms with Gasteiger partial charge in [-0.1, -0.05) is 36.1 Å². The molecule has 0 radical (unpaired) electrons. The summed E-state index contributed by atoms with van der Waals surface area (Å²) in [6.45, 7) is 2.40. The van der Waals surface area contributed by atoms with Gasteiger partial charge >= 0.3 is 0 Å². The molecule has 2 rings (SSSR count). The number of amides is 1. The molecule has 4 heteroatoms. The Hall–Kier alpha value is -2.80. The lowest BCUT2D eigenvalue weighted by Crippen LogP contribution is -2.23. The molecular formula is C18H16FNO2. The standard InChI is InChI=1S/C18H16FNO2/c1-14-7-2-3-10-17(14)22-12-5-4-11-20-18(21)15-8-6-9-16(19)13-15/h2-3,6-10,13H,11-12H2,1H3,(H,20,21). The third-order valence-electron chi connectivity index (χ3n) is 2.94. The number of rotatable bonds is 4. The number of hydrogen-bond acceptors (Lipinski definition) is 2. The molecule has 0 aliphatic heterocycles. The van der Waals surface area contributed by atoms with Gasteiger partial charge in [-0.15, -0.1) is 0 Å². The summed E-state index contributed by atoms with van der Waals surface area (Å²) in [4.78, 5) is 11.7. The Bertz CT molecular complexity index is 716. The van der Waals surface area contributed by atoms with Crippen molar-refractivity contribution in [2.24, 2.45) is 0 Å². The van der Waals surface area contributed by atoms with E-state index in [2.05, 4.69) is 17.2 Å². The summed E-state index contributed by atoms with van der Waals surface area (Å²) in [7, 11) is 0. The molecule has 1 N–H and O–H groups in total. The molecule has 0 atom stereocenters. The Kier molecular flexibility index (Phi) is 5.56. The van der Waals surface area contributed by atoms with Crippen LogP contribution in [-0.2, 0) is 0 Å². The van der Waals surface area contributed by atoms with Crippen LogP contribution in [0.2, 0.25) is 0 Å². The van der Waals surface area contributed by atoms with Crippen molar-refractivity contribution in [2.75, 3.05) is 13.2 Å². The van der Waals surface area contributed by atoms with E-state index in [1.54, 1.807) is 6.07 Å². The van der Waals surface area contributed by atoms with Crippen LogP contribution in [0.1, 0.15) is 15.9 Å². The van der Waals surface area contributed by atoms with Gasteiger partial charge in [0.1, 0.15) is 18.2 Å². The van der Waals surface area contributed by atoms with Crippen molar-refractivity contribution in [3.63, 3.8) is 0 Å². The monoisotopic (exact) mass is 297 g/mol. The van der Waals surface area contributed by atoms with Crippen molar-refractivity contribution in [2.45, 2.75) is 6.92 Å². The second-order valence-corrected chi connectivity index (χ2v) is 4.60. The third kappa shape index (κ3) is 4.64. The van der Waals surface area contributed by atoms with Crippen molar-refractivity contribution in [1.82, 2.24) is 5.32 Å². The molecule has 1 amide bonds. The Balaban J connectivity index is 1.75. The summed E-state index contributed by atoms with van der Waals surface area (Å²) in [6, 6.07) is 13.2. The van der Waals surface area contributed by atoms with Gasteiger partial charge in [0.05, 0.1) is 6.54 Å². The van der Waals surface area contributed by atoms with Gasteiger partial charge < -0.3 is 10.1 Å². The second kappa shape index (κ2) is 7.84. The summed E-state index contributed by atoms with van der Waals surface area (Å²) in [5.41, 5.74) is 1.32. The zero-order valence-electron chi connectivity index (χ0n) is 12.2. The summed E-state index contributed by atoms with van der Waals surface area (Å²) >= 11 is 0. The number of ether oxygens (including phenoxy) is 1. The van der Waals surface area contributed by atoms with Gasteiger partial charge in [-0.2, -0.15) is 0 Å². The first kappa shape index (κ1) is 15.6. The van der Waals surface area contributed by atoms with Gasteiger partial charge in [0.2, 0.25) is 0 Å². The van der Waals surface area contributed by atoms with Crippen LogP contribution in [0.3, 0.4) is 0 Å². The fraction of sp³-hybridized carbons (Fsp3) is 0.167. The molecule has 0 bridgehead atoms. The lowest BCUT2D eigenvalue weighted by atomic mass is 10.2. The molecule has 3 nitrogen and oxygen atoms in total. The molecule has 0 aromatic heterocycles. The smallest absolute Gasteiger partial charge is 0.252 e. The third-order valence-corrected chi connectivity index (χ3v) is 2.94. The fourth-order valence-corrected chi connectivity index (χ4v) is 1.80. The van der Waals surface area contributed by atoms with E-state index < -0.39 is 5.82 Å². The maximum absolute atomic E-state index is 13.0. The van der Waals surface area contributed by atoms with Gasteiger partial charge in [0, 0.05) is 5.56 Å². The number of para-hydroxylation sites is 1. The summed E-state index contributed by atoms with van der Waals surface area (Å²) in [6.07, 6.45) is 0. The van der Waals surface area contributed by atoms with Crippen LogP contribution in [0.25, 0.3) is 0 Å². The molecule has 2 aromatic carbocycles. The summed E-state index contributed by atoms with van der Waals surface area (Å²) < 4.78 is 18.5. The lowest BCUT2D eigenvalue weighted by Gasteiger charge is -2.04. The minimum Gasteiger partial charge on any atom is -0.481 e. The topological polar surface area (TPSA) is 38.3 Å². The predicted molar refractivity (Wildman–Crippen MR) is 83.2 cm³/mol. The first-order valence-corrected chi connectivity index (χ1v) is 6.85. The van der Waals surface area contributed by atoms with E-state index in [1.165, 1.54) is 18.2 Å². The maximum Gasteiger partial charge on any atom is 0.252 e. The van der Waals surface area contributed by atoms with E-state index in [9.17, 15) is 9.18 Å². The first-order chi connectivity index (χ1) is 10.7. The Morgan fingerprint density at radius 3 is 2.77 bits per heavy atom. The molecule has 0 fully saturated rings. The largest absolute Gasteiger partial charge is 0.481 e. The van der Waals surface area contributed by atoms with Gasteiger partial charge in [0.15, 0.2) is 0 Å². The van der Waals surface area contributed by atoms with E-state index >= 15 is 0 Å². The van der Waals surface area contributed by atoms with Crippen LogP contribution in [0.15, 0.2) is 48.5 Å². The Morgan fingerprint density at radius 2 is 2.00 bits per heavy atom. The molecule has 112 valence electrons. The van der Waals surface area contributed by atoms with Crippen molar-refractivity contribution in [1.29, 1.82) is 0 Å². The van der Waals surface area contributed by atoms with E-state index in [0.717, 1.165) is 11.3 Å². The highest BCUT2D eigenvalue weighted by Gasteiger charge is 2.04. The summed E-state index contributed by atoms with van der Waals surface area (Å²) in [5.74, 6) is 5.61. The molecule has 0 unspecified atom stereocenters. The highest BCUT2D eigenvalue weighted by Crippen LogP contribution is 2.15. The Labute approximate surface area is 129 Å². The molecule has 2 aromatic rings. The van der Waals surface area contributed by atoms with Crippen molar-refractivity contribution >= 4 is 5.91 Å². The summed E-state index contributed by atoms with van der Waals surface area (Å²) in [5, 5.41) is 2.60. The fourth-order valence-electron chi connectivity index (χ4n) is 1.80. The van der Waals surface area contributed by atoms with Crippen LogP contribution >= 0.6 is 0 Å². The van der Waals surface area contributed by atoms with Gasteiger partial charge in [-0.3, -0.25) is 4.79 Å². The number of benzene rings is 2. The zero-order valence-corrected chi connectivity index (χ0v) is 12.2. The van der Waals surface area contributed by atoms with Crippen LogP contribution in [-0.4, -0.2) is 19.1 Å². The van der Waals surface area contributed by atoms with Crippen molar-refractivity contribution in [3.8, 4) is 17.6 Å². The quantitative estimate of drug-likeness (QED) is 0.881. The van der Waals surface area contributed by atoms with E-state index in [0.29, 0.717) is 0 Å². The first-order valence-electron chi connectivity index (χ1n) is 6.85. The number of carbonyl (C=O) groups is 1. The van der Waals surface area contributed by atoms with Gasteiger partial charge in [0.25, 0.3) is 5.91 Å². The molecule has 0 aliphatic carbocycles. The SMILES string of the molecule is Cc1ccccc1OCC#CCNC(=O)c1cccc(F)c1. The molecular weight excluding hydrogens is 281 g/mol. The van der Waals surface area contributed by atoms with Crippen LogP contribution in [0, 0.1) is 24.6 Å². The average Bonchev–Trinajstić information content (AvgIpc) is 2.52. The van der Waals surface area contributed by atoms with Gasteiger partial charge in [-0.05, 0) is 36.8 Å². The Morgan fingerprint density at radius 1 is 1.18 bits per heavy atom. The van der Waals surface area contributed by atoms with Crippen LogP contribution in [0.4, 0.5) is 4.39 Å². The predicted octanol–water partition coefficient (Wildman–Crippen LogP) is 2.95. The normalized spacial score (nSPS) is 9.55. The second-order valence-electron chi connectivity index (χ2n) is 4.60. The maximum atomic E-state index is 13.0. The highest BCUT2D eigenvalue weighted by molar-refractivity contribution is 5.94. The number of hydrogen-bond donors (Lipinski definition) is 1. The number of halogens is 1. The van der Waals surface area contributed by atoms with Crippen LogP contribution in [0.5, 0.6) is 5.75 Å². The number of carbonyl (C=O) groups excluding carboxylic acids is 1. The molecule has 0 heterocycles. The number of aryl methyl sites for hydroxylation is 1. The minimum atomic E-state index is -0.439. The molecule has 22 heavy (non-hydrogen) atoms.